The van der Waals surface area contributed by atoms with E-state index in [9.17, 15) is 9.59 Å². The first-order valence-electron chi connectivity index (χ1n) is 9.42. The van der Waals surface area contributed by atoms with Gasteiger partial charge in [-0.3, -0.25) is 4.79 Å². The third kappa shape index (κ3) is 4.08. The van der Waals surface area contributed by atoms with Crippen molar-refractivity contribution in [3.8, 4) is 5.69 Å². The van der Waals surface area contributed by atoms with Crippen molar-refractivity contribution in [1.82, 2.24) is 19.7 Å². The van der Waals surface area contributed by atoms with Crippen LogP contribution in [0.4, 0.5) is 0 Å². The molecule has 27 heavy (non-hydrogen) atoms. The van der Waals surface area contributed by atoms with Gasteiger partial charge in [0.05, 0.1) is 11.7 Å². The third-order valence-corrected chi connectivity index (χ3v) is 5.16. The van der Waals surface area contributed by atoms with Crippen LogP contribution in [0.5, 0.6) is 0 Å². The van der Waals surface area contributed by atoms with E-state index < -0.39 is 11.6 Å². The zero-order valence-corrected chi connectivity index (χ0v) is 15.9. The molecule has 0 saturated carbocycles. The fraction of sp³-hybridized carbons (Fsp3) is 0.500. The van der Waals surface area contributed by atoms with Gasteiger partial charge in [-0.05, 0) is 42.9 Å². The minimum Gasteiger partial charge on any atom is -0.329 e. The van der Waals surface area contributed by atoms with Crippen LogP contribution >= 0.6 is 0 Å². The van der Waals surface area contributed by atoms with Crippen LogP contribution in [0.2, 0.25) is 0 Å². The van der Waals surface area contributed by atoms with Crippen LogP contribution in [0.1, 0.15) is 38.7 Å². The molecule has 1 fully saturated rings. The lowest BCUT2D eigenvalue weighted by Crippen LogP contribution is -2.55. The lowest BCUT2D eigenvalue weighted by atomic mass is 9.88. The fourth-order valence-electron chi connectivity index (χ4n) is 3.89. The Labute approximate surface area is 159 Å². The molecule has 7 heteroatoms. The number of aromatic nitrogens is 3. The predicted octanol–water partition coefficient (Wildman–Crippen LogP) is 1.74. The Kier molecular flexibility index (Phi) is 5.70. The summed E-state index contributed by atoms with van der Waals surface area (Å²) >= 11 is 0. The normalized spacial score (nSPS) is 20.8. The fourth-order valence-corrected chi connectivity index (χ4v) is 3.89. The maximum atomic E-state index is 12.9. The number of carbonyl (C=O) groups excluding carboxylic acids is 2. The van der Waals surface area contributed by atoms with E-state index in [1.165, 1.54) is 6.33 Å². The highest BCUT2D eigenvalue weighted by Gasteiger charge is 2.44. The zero-order valence-electron chi connectivity index (χ0n) is 15.9. The van der Waals surface area contributed by atoms with Gasteiger partial charge >= 0.3 is 0 Å². The van der Waals surface area contributed by atoms with Gasteiger partial charge in [0.15, 0.2) is 0 Å². The van der Waals surface area contributed by atoms with Gasteiger partial charge in [-0.2, -0.15) is 5.10 Å². The Bertz CT molecular complexity index is 789. The molecule has 7 nitrogen and oxygen atoms in total. The van der Waals surface area contributed by atoms with Gasteiger partial charge in [0.1, 0.15) is 24.5 Å². The first kappa shape index (κ1) is 19.2. The molecule has 1 aliphatic rings. The smallest absolute Gasteiger partial charge is 0.240 e. The predicted molar refractivity (Wildman–Crippen MR) is 102 cm³/mol. The number of nitrogens with zero attached hydrogens (tertiary/aromatic N) is 4. The van der Waals surface area contributed by atoms with Crippen molar-refractivity contribution in [2.45, 2.75) is 51.1 Å². The molecule has 0 spiro atoms. The molecule has 2 heterocycles. The van der Waals surface area contributed by atoms with E-state index in [2.05, 4.69) is 10.1 Å². The molecule has 0 radical (unpaired) electrons. The van der Waals surface area contributed by atoms with Gasteiger partial charge in [-0.25, -0.2) is 9.67 Å². The Balaban J connectivity index is 1.83. The molecule has 1 amide bonds. The molecule has 1 aromatic carbocycles. The topological polar surface area (TPSA) is 94.1 Å². The molecule has 1 aromatic heterocycles. The average Bonchev–Trinajstić information content (AvgIpc) is 3.31. The van der Waals surface area contributed by atoms with E-state index in [0.717, 1.165) is 24.0 Å². The van der Waals surface area contributed by atoms with Crippen LogP contribution in [0.25, 0.3) is 5.69 Å². The number of benzene rings is 1. The van der Waals surface area contributed by atoms with E-state index >= 15 is 0 Å². The number of hydrogen-bond donors (Lipinski definition) is 1. The molecule has 1 aliphatic heterocycles. The second-order valence-electron chi connectivity index (χ2n) is 7.74. The molecule has 2 N–H and O–H groups in total. The van der Waals surface area contributed by atoms with Gasteiger partial charge in [0, 0.05) is 13.0 Å². The molecule has 0 unspecified atom stereocenters. The molecule has 2 aromatic rings. The van der Waals surface area contributed by atoms with Crippen LogP contribution in [-0.4, -0.2) is 50.0 Å². The summed E-state index contributed by atoms with van der Waals surface area (Å²) in [6.45, 7) is 4.66. The zero-order chi connectivity index (χ0) is 19.4. The summed E-state index contributed by atoms with van der Waals surface area (Å²) < 4.78 is 1.67. The van der Waals surface area contributed by atoms with Crippen molar-refractivity contribution in [3.05, 3.63) is 42.5 Å². The van der Waals surface area contributed by atoms with E-state index in [0.29, 0.717) is 31.7 Å². The van der Waals surface area contributed by atoms with Crippen molar-refractivity contribution >= 4 is 12.2 Å². The standard InChI is InChI=1S/C20H27N5O2/c1-15(2)9-18(21)19(27)24-8-4-7-20(24,12-26)11-16-5-3-6-17(10-16)25-14-22-13-23-25/h3,5-6,10,12-15,18H,4,7-9,11,21H2,1-2H3/t18-,20-/m0/s1. The monoisotopic (exact) mass is 369 g/mol. The highest BCUT2D eigenvalue weighted by atomic mass is 16.2. The SMILES string of the molecule is CC(C)C[C@H](N)C(=O)N1CCC[C@@]1(C=O)Cc1cccc(-n2cncn2)c1. The maximum absolute atomic E-state index is 12.9. The summed E-state index contributed by atoms with van der Waals surface area (Å²) in [4.78, 5) is 30.7. The Morgan fingerprint density at radius 1 is 1.41 bits per heavy atom. The Morgan fingerprint density at radius 2 is 2.22 bits per heavy atom. The van der Waals surface area contributed by atoms with Crippen molar-refractivity contribution in [2.75, 3.05) is 6.54 Å². The molecule has 3 rings (SSSR count). The van der Waals surface area contributed by atoms with Gasteiger partial charge in [-0.15, -0.1) is 0 Å². The van der Waals surface area contributed by atoms with E-state index in [1.54, 1.807) is 15.9 Å². The van der Waals surface area contributed by atoms with Crippen molar-refractivity contribution in [2.24, 2.45) is 11.7 Å². The van der Waals surface area contributed by atoms with Crippen LogP contribution in [0.15, 0.2) is 36.9 Å². The van der Waals surface area contributed by atoms with Crippen molar-refractivity contribution in [1.29, 1.82) is 0 Å². The molecular formula is C20H27N5O2. The Hall–Kier alpha value is -2.54. The number of amides is 1. The number of carbonyl (C=O) groups is 2. The second kappa shape index (κ2) is 8.00. The summed E-state index contributed by atoms with van der Waals surface area (Å²) in [6.07, 6.45) is 6.59. The van der Waals surface area contributed by atoms with Gasteiger partial charge < -0.3 is 15.4 Å². The largest absolute Gasteiger partial charge is 0.329 e. The van der Waals surface area contributed by atoms with Crippen LogP contribution in [0.3, 0.4) is 0 Å². The summed E-state index contributed by atoms with van der Waals surface area (Å²) in [6, 6.07) is 7.25. The van der Waals surface area contributed by atoms with Gasteiger partial charge in [0.2, 0.25) is 5.91 Å². The first-order chi connectivity index (χ1) is 12.9. The maximum Gasteiger partial charge on any atom is 0.240 e. The quantitative estimate of drug-likeness (QED) is 0.750. The minimum atomic E-state index is -0.827. The molecule has 144 valence electrons. The highest BCUT2D eigenvalue weighted by molar-refractivity contribution is 5.86. The lowest BCUT2D eigenvalue weighted by molar-refractivity contribution is -0.140. The second-order valence-corrected chi connectivity index (χ2v) is 7.74. The summed E-state index contributed by atoms with van der Waals surface area (Å²) in [5.74, 6) is 0.206. The first-order valence-corrected chi connectivity index (χ1v) is 9.42. The van der Waals surface area contributed by atoms with Crippen molar-refractivity contribution in [3.63, 3.8) is 0 Å². The lowest BCUT2D eigenvalue weighted by Gasteiger charge is -2.36. The number of hydrogen-bond acceptors (Lipinski definition) is 5. The molecule has 2 atom stereocenters. The summed E-state index contributed by atoms with van der Waals surface area (Å²) in [5.41, 5.74) is 7.16. The molecule has 0 bridgehead atoms. The van der Waals surface area contributed by atoms with E-state index in [-0.39, 0.29) is 5.91 Å². The number of aldehydes is 1. The molecular weight excluding hydrogens is 342 g/mol. The van der Waals surface area contributed by atoms with E-state index in [4.69, 9.17) is 5.73 Å². The van der Waals surface area contributed by atoms with Crippen molar-refractivity contribution < 1.29 is 9.59 Å². The molecule has 1 saturated heterocycles. The van der Waals surface area contributed by atoms with Crippen LogP contribution in [-0.2, 0) is 16.0 Å². The van der Waals surface area contributed by atoms with Crippen LogP contribution < -0.4 is 5.73 Å². The summed E-state index contributed by atoms with van der Waals surface area (Å²) in [5, 5.41) is 4.15. The minimum absolute atomic E-state index is 0.124. The Morgan fingerprint density at radius 3 is 2.89 bits per heavy atom. The molecule has 0 aliphatic carbocycles. The number of rotatable bonds is 7. The van der Waals surface area contributed by atoms with Gasteiger partial charge in [0.25, 0.3) is 0 Å². The van der Waals surface area contributed by atoms with Gasteiger partial charge in [-0.1, -0.05) is 26.0 Å². The third-order valence-electron chi connectivity index (χ3n) is 5.16. The summed E-state index contributed by atoms with van der Waals surface area (Å²) in [7, 11) is 0. The average molecular weight is 369 g/mol. The number of nitrogens with two attached hydrogens (primary N) is 1. The van der Waals surface area contributed by atoms with E-state index in [1.807, 2.05) is 38.1 Å². The number of likely N-dealkylation sites (tertiary alicyclic amines) is 1. The highest BCUT2D eigenvalue weighted by Crippen LogP contribution is 2.32. The van der Waals surface area contributed by atoms with Crippen LogP contribution in [0, 0.1) is 5.92 Å².